The van der Waals surface area contributed by atoms with Crippen molar-refractivity contribution >= 4 is 5.69 Å². The number of nitrogens with zero attached hydrogens (tertiary/aromatic N) is 3. The van der Waals surface area contributed by atoms with Gasteiger partial charge in [-0.05, 0) is 18.5 Å². The molecule has 0 aromatic carbocycles. The minimum absolute atomic E-state index is 0.212. The van der Waals surface area contributed by atoms with E-state index in [1.54, 1.807) is 6.07 Å². The van der Waals surface area contributed by atoms with E-state index in [1.165, 1.54) is 12.3 Å². The SMILES string of the molecule is [2H]c1nn(-c2cc(N)ccn2)c([2H])c1C([2H])([2H])[2H]. The van der Waals surface area contributed by atoms with Crippen LogP contribution in [0.15, 0.2) is 30.7 Å². The Bertz CT molecular complexity index is 589. The molecule has 13 heavy (non-hydrogen) atoms. The monoisotopic (exact) mass is 179 g/mol. The van der Waals surface area contributed by atoms with E-state index in [4.69, 9.17) is 12.6 Å². The van der Waals surface area contributed by atoms with Crippen LogP contribution in [0.2, 0.25) is 0 Å². The summed E-state index contributed by atoms with van der Waals surface area (Å²) in [4.78, 5) is 3.94. The van der Waals surface area contributed by atoms with Gasteiger partial charge in [0.05, 0.1) is 8.91 Å². The summed E-state index contributed by atoms with van der Waals surface area (Å²) >= 11 is 0. The van der Waals surface area contributed by atoms with E-state index in [0.29, 0.717) is 5.69 Å². The second-order valence-corrected chi connectivity index (χ2v) is 2.46. The van der Waals surface area contributed by atoms with Crippen LogP contribution < -0.4 is 5.73 Å². The molecule has 0 fully saturated rings. The third-order valence-electron chi connectivity index (χ3n) is 1.47. The van der Waals surface area contributed by atoms with Crippen molar-refractivity contribution in [2.75, 3.05) is 5.73 Å². The summed E-state index contributed by atoms with van der Waals surface area (Å²) in [6.45, 7) is -2.55. The molecule has 0 saturated heterocycles. The van der Waals surface area contributed by atoms with Crippen LogP contribution in [0.4, 0.5) is 5.69 Å². The summed E-state index contributed by atoms with van der Waals surface area (Å²) in [7, 11) is 0. The number of nitrogen functional groups attached to an aromatic ring is 1. The van der Waals surface area contributed by atoms with Crippen LogP contribution in [0, 0.1) is 6.85 Å². The number of rotatable bonds is 1. The van der Waals surface area contributed by atoms with Crippen molar-refractivity contribution in [3.63, 3.8) is 0 Å². The maximum atomic E-state index is 7.77. The normalized spacial score (nSPS) is 16.8. The van der Waals surface area contributed by atoms with Crippen molar-refractivity contribution in [3.05, 3.63) is 36.2 Å². The fourth-order valence-corrected chi connectivity index (χ4v) is 0.914. The molecular formula is C9H10N4. The highest BCUT2D eigenvalue weighted by Gasteiger charge is 1.98. The van der Waals surface area contributed by atoms with Gasteiger partial charge < -0.3 is 5.73 Å². The molecule has 4 heteroatoms. The van der Waals surface area contributed by atoms with Crippen LogP contribution >= 0.6 is 0 Å². The molecule has 0 aliphatic heterocycles. The molecular weight excluding hydrogens is 164 g/mol. The summed E-state index contributed by atoms with van der Waals surface area (Å²) in [5.74, 6) is 0.212. The predicted molar refractivity (Wildman–Crippen MR) is 50.5 cm³/mol. The minimum atomic E-state index is -2.55. The van der Waals surface area contributed by atoms with Crippen LogP contribution in [0.3, 0.4) is 0 Å². The zero-order chi connectivity index (χ0) is 13.5. The molecule has 0 amide bonds. The third-order valence-corrected chi connectivity index (χ3v) is 1.47. The highest BCUT2D eigenvalue weighted by molar-refractivity contribution is 5.42. The molecule has 0 radical (unpaired) electrons. The third kappa shape index (κ3) is 1.51. The fraction of sp³-hybridized carbons (Fsp3) is 0.111. The van der Waals surface area contributed by atoms with Gasteiger partial charge in [-0.25, -0.2) is 9.67 Å². The average molecular weight is 179 g/mol. The first-order chi connectivity index (χ1) is 8.30. The number of nitrogens with two attached hydrogens (primary N) is 1. The Morgan fingerprint density at radius 1 is 1.69 bits per heavy atom. The first-order valence-electron chi connectivity index (χ1n) is 6.09. The zero-order valence-corrected chi connectivity index (χ0v) is 6.65. The highest BCUT2D eigenvalue weighted by Crippen LogP contribution is 2.08. The average Bonchev–Trinajstić information content (AvgIpc) is 2.53. The van der Waals surface area contributed by atoms with E-state index in [2.05, 4.69) is 10.1 Å². The number of pyridine rings is 1. The summed E-state index contributed by atoms with van der Waals surface area (Å²) < 4.78 is 38.1. The molecule has 66 valence electrons. The van der Waals surface area contributed by atoms with Gasteiger partial charge in [-0.1, -0.05) is 0 Å². The van der Waals surface area contributed by atoms with Crippen LogP contribution in [-0.2, 0) is 0 Å². The van der Waals surface area contributed by atoms with E-state index in [9.17, 15) is 0 Å². The van der Waals surface area contributed by atoms with Gasteiger partial charge in [-0.15, -0.1) is 0 Å². The summed E-state index contributed by atoms with van der Waals surface area (Å²) in [5.41, 5.74) is 5.59. The van der Waals surface area contributed by atoms with Gasteiger partial charge in [-0.3, -0.25) is 0 Å². The van der Waals surface area contributed by atoms with Crippen LogP contribution in [0.1, 0.15) is 12.4 Å². The maximum Gasteiger partial charge on any atom is 0.155 e. The van der Waals surface area contributed by atoms with E-state index in [1.807, 2.05) is 0 Å². The number of aromatic nitrogens is 3. The molecule has 2 N–H and O–H groups in total. The second-order valence-electron chi connectivity index (χ2n) is 2.46. The van der Waals surface area contributed by atoms with Crippen molar-refractivity contribution in [1.29, 1.82) is 0 Å². The Hall–Kier alpha value is -1.84. The Morgan fingerprint density at radius 2 is 2.62 bits per heavy atom. The van der Waals surface area contributed by atoms with Gasteiger partial charge in [0.2, 0.25) is 0 Å². The van der Waals surface area contributed by atoms with Gasteiger partial charge in [0.15, 0.2) is 5.82 Å². The highest BCUT2D eigenvalue weighted by atomic mass is 15.3. The predicted octanol–water partition coefficient (Wildman–Crippen LogP) is 1.16. The Kier molecular flexibility index (Phi) is 0.871. The molecule has 2 aromatic rings. The molecule has 0 saturated carbocycles. The Labute approximate surface area is 83.0 Å². The molecule has 4 nitrogen and oxygen atoms in total. The number of hydrogen-bond donors (Lipinski definition) is 1. The van der Waals surface area contributed by atoms with E-state index in [0.717, 1.165) is 4.68 Å². The van der Waals surface area contributed by atoms with Crippen LogP contribution in [0.25, 0.3) is 5.82 Å². The van der Waals surface area contributed by atoms with Gasteiger partial charge in [0.1, 0.15) is 0 Å². The lowest BCUT2D eigenvalue weighted by Crippen LogP contribution is -1.98. The molecule has 0 aliphatic carbocycles. The fourth-order valence-electron chi connectivity index (χ4n) is 0.914. The zero-order valence-electron chi connectivity index (χ0n) is 11.7. The van der Waals surface area contributed by atoms with Crippen LogP contribution in [-0.4, -0.2) is 14.8 Å². The topological polar surface area (TPSA) is 56.7 Å². The van der Waals surface area contributed by atoms with Crippen molar-refractivity contribution in [3.8, 4) is 5.82 Å². The maximum absolute atomic E-state index is 7.77. The smallest absolute Gasteiger partial charge is 0.155 e. The molecule has 0 spiro atoms. The van der Waals surface area contributed by atoms with Gasteiger partial charge >= 0.3 is 0 Å². The lowest BCUT2D eigenvalue weighted by molar-refractivity contribution is 0.847. The molecule has 2 heterocycles. The number of hydrogen-bond acceptors (Lipinski definition) is 3. The number of anilines is 1. The molecule has 2 aromatic heterocycles. The molecule has 2 rings (SSSR count). The van der Waals surface area contributed by atoms with Gasteiger partial charge in [0, 0.05) is 28.2 Å². The minimum Gasteiger partial charge on any atom is -0.399 e. The standard InChI is InChI=1S/C9H10N4/c1-7-5-12-13(6-7)9-4-8(10)2-3-11-9/h2-6H,1H3,(H2,10,11)/i1D3,5D,6D. The van der Waals surface area contributed by atoms with Crippen molar-refractivity contribution in [2.45, 2.75) is 6.85 Å². The van der Waals surface area contributed by atoms with Crippen LogP contribution in [0.5, 0.6) is 0 Å². The van der Waals surface area contributed by atoms with Gasteiger partial charge in [0.25, 0.3) is 0 Å². The Balaban J connectivity index is 2.61. The van der Waals surface area contributed by atoms with Crippen molar-refractivity contribution in [1.82, 2.24) is 14.8 Å². The quantitative estimate of drug-likeness (QED) is 0.714. The van der Waals surface area contributed by atoms with Crippen molar-refractivity contribution in [2.24, 2.45) is 0 Å². The summed E-state index contributed by atoms with van der Waals surface area (Å²) in [6.07, 6.45) is 0.590. The summed E-state index contributed by atoms with van der Waals surface area (Å²) in [5, 5.41) is 3.71. The lowest BCUT2D eigenvalue weighted by Gasteiger charge is -1.99. The molecule has 0 atom stereocenters. The first-order valence-corrected chi connectivity index (χ1v) is 3.59. The van der Waals surface area contributed by atoms with E-state index in [-0.39, 0.29) is 12.0 Å². The van der Waals surface area contributed by atoms with E-state index >= 15 is 0 Å². The molecule has 0 unspecified atom stereocenters. The summed E-state index contributed by atoms with van der Waals surface area (Å²) in [6, 6.07) is 3.01. The largest absolute Gasteiger partial charge is 0.399 e. The molecule has 0 aliphatic rings. The molecule has 0 bridgehead atoms. The van der Waals surface area contributed by atoms with E-state index < -0.39 is 18.6 Å². The first kappa shape index (κ1) is 3.91. The second kappa shape index (κ2) is 2.90. The van der Waals surface area contributed by atoms with Crippen molar-refractivity contribution < 1.29 is 6.85 Å². The lowest BCUT2D eigenvalue weighted by atomic mass is 10.4. The van der Waals surface area contributed by atoms with Gasteiger partial charge in [-0.2, -0.15) is 5.10 Å². The Morgan fingerprint density at radius 3 is 3.31 bits per heavy atom.